The van der Waals surface area contributed by atoms with Crippen LogP contribution in [-0.2, 0) is 21.3 Å². The van der Waals surface area contributed by atoms with Gasteiger partial charge in [-0.05, 0) is 24.5 Å². The van der Waals surface area contributed by atoms with Gasteiger partial charge < -0.3 is 15.4 Å². The minimum atomic E-state index is -3.49. The number of nitrogens with one attached hydrogen (secondary N) is 2. The molecule has 0 spiro atoms. The number of nitrogens with zero attached hydrogens (tertiary/aromatic N) is 2. The molecule has 0 radical (unpaired) electrons. The topological polar surface area (TPSA) is 83.0 Å². The van der Waals surface area contributed by atoms with Gasteiger partial charge in [-0.1, -0.05) is 43.9 Å². The molecule has 1 aromatic rings. The molecule has 28 heavy (non-hydrogen) atoms. The molecule has 0 amide bonds. The van der Waals surface area contributed by atoms with Crippen molar-refractivity contribution in [3.05, 3.63) is 29.8 Å². The van der Waals surface area contributed by atoms with Crippen LogP contribution in [0.15, 0.2) is 34.2 Å². The molecule has 1 saturated carbocycles. The summed E-state index contributed by atoms with van der Waals surface area (Å²) in [5, 5.41) is 6.42. The molecule has 1 aliphatic carbocycles. The van der Waals surface area contributed by atoms with E-state index in [-0.39, 0.29) is 0 Å². The number of aliphatic imine (C=N–C) groups is 1. The Kier molecular flexibility index (Phi) is 9.21. The molecule has 0 bridgehead atoms. The molecule has 2 N–H and O–H groups in total. The Morgan fingerprint density at radius 3 is 2.46 bits per heavy atom. The second-order valence-electron chi connectivity index (χ2n) is 7.23. The second kappa shape index (κ2) is 11.4. The lowest BCUT2D eigenvalue weighted by molar-refractivity contribution is 0.0468. The van der Waals surface area contributed by atoms with E-state index in [1.165, 1.54) is 44.1 Å². The van der Waals surface area contributed by atoms with Gasteiger partial charge in [0.15, 0.2) is 5.96 Å². The van der Waals surface area contributed by atoms with Gasteiger partial charge in [-0.3, -0.25) is 4.99 Å². The highest BCUT2D eigenvalue weighted by Crippen LogP contribution is 2.20. The van der Waals surface area contributed by atoms with Crippen LogP contribution in [0.3, 0.4) is 0 Å². The van der Waals surface area contributed by atoms with Crippen LogP contribution in [0.25, 0.3) is 0 Å². The van der Waals surface area contributed by atoms with Gasteiger partial charge in [0.25, 0.3) is 0 Å². The first-order valence-corrected chi connectivity index (χ1v) is 11.5. The van der Waals surface area contributed by atoms with Crippen LogP contribution < -0.4 is 10.6 Å². The molecule has 158 valence electrons. The third kappa shape index (κ3) is 6.76. The number of hydrogen-bond donors (Lipinski definition) is 2. The molecule has 7 nitrogen and oxygen atoms in total. The maximum Gasteiger partial charge on any atom is 0.242 e. The average Bonchev–Trinajstić information content (AvgIpc) is 2.96. The Morgan fingerprint density at radius 2 is 1.82 bits per heavy atom. The van der Waals surface area contributed by atoms with Crippen molar-refractivity contribution in [2.24, 2.45) is 4.99 Å². The summed E-state index contributed by atoms with van der Waals surface area (Å²) in [7, 11) is 1.28. The summed E-state index contributed by atoms with van der Waals surface area (Å²) in [4.78, 5) is 4.51. The van der Waals surface area contributed by atoms with Crippen molar-refractivity contribution >= 4 is 16.0 Å². The highest BCUT2D eigenvalue weighted by molar-refractivity contribution is 7.89. The monoisotopic (exact) mass is 410 g/mol. The van der Waals surface area contributed by atoms with Crippen molar-refractivity contribution in [3.63, 3.8) is 0 Å². The zero-order valence-corrected chi connectivity index (χ0v) is 18.1. The summed E-state index contributed by atoms with van der Waals surface area (Å²) < 4.78 is 32.2. The Bertz CT molecular complexity index is 727. The lowest BCUT2D eigenvalue weighted by atomic mass is 10.1. The predicted molar refractivity (Wildman–Crippen MR) is 113 cm³/mol. The van der Waals surface area contributed by atoms with Crippen LogP contribution in [0.5, 0.6) is 0 Å². The van der Waals surface area contributed by atoms with Gasteiger partial charge in [-0.15, -0.1) is 0 Å². The predicted octanol–water partition coefficient (Wildman–Crippen LogP) is 2.34. The van der Waals surface area contributed by atoms with Crippen LogP contribution in [0.1, 0.15) is 44.1 Å². The van der Waals surface area contributed by atoms with E-state index in [2.05, 4.69) is 15.6 Å². The molecule has 0 aliphatic heterocycles. The molecule has 0 saturated heterocycles. The number of benzene rings is 1. The zero-order valence-electron chi connectivity index (χ0n) is 17.3. The van der Waals surface area contributed by atoms with Crippen LogP contribution in [0.4, 0.5) is 0 Å². The van der Waals surface area contributed by atoms with Crippen molar-refractivity contribution < 1.29 is 13.2 Å². The van der Waals surface area contributed by atoms with E-state index >= 15 is 0 Å². The van der Waals surface area contributed by atoms with E-state index < -0.39 is 10.0 Å². The summed E-state index contributed by atoms with van der Waals surface area (Å²) in [5.41, 5.74) is 0.703. The van der Waals surface area contributed by atoms with Gasteiger partial charge in [0, 0.05) is 34.2 Å². The lowest BCUT2D eigenvalue weighted by Crippen LogP contribution is -2.39. The molecule has 0 atom stereocenters. The molecule has 1 aliphatic rings. The fraction of sp³-hybridized carbons (Fsp3) is 0.650. The van der Waals surface area contributed by atoms with Crippen molar-refractivity contribution in [1.29, 1.82) is 0 Å². The standard InChI is InChI=1S/C20H34N4O3S/c1-21-20(22-14-15-27-18-11-6-4-5-7-12-18)23-16-17-10-8-9-13-19(17)28(25,26)24(2)3/h8-10,13,18H,4-7,11-12,14-16H2,1-3H3,(H2,21,22,23). The van der Waals surface area contributed by atoms with Gasteiger partial charge in [0.2, 0.25) is 10.0 Å². The molecule has 0 heterocycles. The molecule has 2 rings (SSSR count). The van der Waals surface area contributed by atoms with Crippen LogP contribution >= 0.6 is 0 Å². The third-order valence-electron chi connectivity index (χ3n) is 4.95. The molecule has 0 unspecified atom stereocenters. The SMILES string of the molecule is CN=C(NCCOC1CCCCCC1)NCc1ccccc1S(=O)(=O)N(C)C. The first-order chi connectivity index (χ1) is 13.4. The van der Waals surface area contributed by atoms with Gasteiger partial charge >= 0.3 is 0 Å². The van der Waals surface area contributed by atoms with Crippen LogP contribution in [0, 0.1) is 0 Å². The minimum Gasteiger partial charge on any atom is -0.376 e. The van der Waals surface area contributed by atoms with E-state index in [1.54, 1.807) is 19.2 Å². The van der Waals surface area contributed by atoms with Gasteiger partial charge in [-0.2, -0.15) is 0 Å². The van der Waals surface area contributed by atoms with E-state index in [0.717, 1.165) is 12.8 Å². The smallest absolute Gasteiger partial charge is 0.242 e. The maximum absolute atomic E-state index is 12.5. The molecule has 8 heteroatoms. The lowest BCUT2D eigenvalue weighted by Gasteiger charge is -2.18. The van der Waals surface area contributed by atoms with Gasteiger partial charge in [0.1, 0.15) is 0 Å². The fourth-order valence-electron chi connectivity index (χ4n) is 3.30. The van der Waals surface area contributed by atoms with Crippen molar-refractivity contribution in [3.8, 4) is 0 Å². The molecule has 1 fully saturated rings. The Balaban J connectivity index is 1.83. The van der Waals surface area contributed by atoms with Crippen LogP contribution in [-0.4, -0.2) is 59.1 Å². The summed E-state index contributed by atoms with van der Waals surface area (Å²) in [6, 6.07) is 7.01. The number of guanidine groups is 1. The van der Waals surface area contributed by atoms with Crippen molar-refractivity contribution in [2.45, 2.75) is 56.1 Å². The van der Waals surface area contributed by atoms with Gasteiger partial charge in [-0.25, -0.2) is 12.7 Å². The van der Waals surface area contributed by atoms with E-state index in [4.69, 9.17) is 4.74 Å². The normalized spacial score (nSPS) is 16.8. The number of hydrogen-bond acceptors (Lipinski definition) is 4. The number of ether oxygens (including phenoxy) is 1. The Morgan fingerprint density at radius 1 is 1.14 bits per heavy atom. The first-order valence-electron chi connectivity index (χ1n) is 10.0. The largest absolute Gasteiger partial charge is 0.376 e. The Hall–Kier alpha value is -1.64. The molecule has 0 aromatic heterocycles. The minimum absolute atomic E-state index is 0.305. The Labute approximate surface area is 169 Å². The van der Waals surface area contributed by atoms with E-state index in [9.17, 15) is 8.42 Å². The summed E-state index contributed by atoms with van der Waals surface area (Å²) in [5.74, 6) is 0.626. The molecular formula is C20H34N4O3S. The fourth-order valence-corrected chi connectivity index (χ4v) is 4.42. The second-order valence-corrected chi connectivity index (χ2v) is 9.35. The van der Waals surface area contributed by atoms with Gasteiger partial charge in [0.05, 0.1) is 17.6 Å². The summed E-state index contributed by atoms with van der Waals surface area (Å²) in [6.45, 7) is 1.66. The first kappa shape index (κ1) is 22.6. The highest BCUT2D eigenvalue weighted by Gasteiger charge is 2.20. The third-order valence-corrected chi connectivity index (χ3v) is 6.87. The molecular weight excluding hydrogens is 376 g/mol. The van der Waals surface area contributed by atoms with Crippen LogP contribution in [0.2, 0.25) is 0 Å². The van der Waals surface area contributed by atoms with E-state index in [0.29, 0.717) is 42.2 Å². The number of rotatable bonds is 8. The number of sulfonamides is 1. The average molecular weight is 411 g/mol. The van der Waals surface area contributed by atoms with Crippen molar-refractivity contribution in [2.75, 3.05) is 34.3 Å². The molecule has 1 aromatic carbocycles. The zero-order chi connectivity index (χ0) is 20.4. The summed E-state index contributed by atoms with van der Waals surface area (Å²) >= 11 is 0. The van der Waals surface area contributed by atoms with E-state index in [1.807, 2.05) is 12.1 Å². The summed E-state index contributed by atoms with van der Waals surface area (Å²) in [6.07, 6.45) is 7.85. The van der Waals surface area contributed by atoms with Crippen molar-refractivity contribution in [1.82, 2.24) is 14.9 Å². The quantitative estimate of drug-likeness (QED) is 0.297. The highest BCUT2D eigenvalue weighted by atomic mass is 32.2. The maximum atomic E-state index is 12.5.